The van der Waals surface area contributed by atoms with Gasteiger partial charge in [0.2, 0.25) is 0 Å². The van der Waals surface area contributed by atoms with Crippen molar-refractivity contribution in [3.05, 3.63) is 35.3 Å². The minimum Gasteiger partial charge on any atom is -0.356 e. The van der Waals surface area contributed by atoms with Gasteiger partial charge < -0.3 is 10.7 Å². The summed E-state index contributed by atoms with van der Waals surface area (Å²) in [4.78, 5) is 3.12. The Balaban J connectivity index is 2.33. The van der Waals surface area contributed by atoms with Crippen LogP contribution < -0.4 is 5.73 Å². The van der Waals surface area contributed by atoms with Gasteiger partial charge >= 0.3 is 0 Å². The number of benzene rings is 1. The molecule has 3 N–H and O–H groups in total. The Morgan fingerprint density at radius 2 is 2.21 bits per heavy atom. The lowest BCUT2D eigenvalue weighted by Gasteiger charge is -1.99. The van der Waals surface area contributed by atoms with Crippen molar-refractivity contribution >= 4 is 10.9 Å². The maximum Gasteiger partial charge on any atom is 0.147 e. The van der Waals surface area contributed by atoms with Crippen LogP contribution in [0, 0.1) is 5.82 Å². The van der Waals surface area contributed by atoms with Crippen molar-refractivity contribution in [1.29, 1.82) is 0 Å². The maximum absolute atomic E-state index is 13.4. The van der Waals surface area contributed by atoms with Crippen LogP contribution in [0.3, 0.4) is 0 Å². The first-order chi connectivity index (χ1) is 6.75. The number of hydrogen-bond donors (Lipinski definition) is 2. The SMILES string of the molecule is NC1Cc2[nH]c3c(F)cccc3c2C1. The number of aromatic nitrogens is 1. The largest absolute Gasteiger partial charge is 0.356 e. The Labute approximate surface area is 80.9 Å². The van der Waals surface area contributed by atoms with Crippen molar-refractivity contribution in [1.82, 2.24) is 4.98 Å². The van der Waals surface area contributed by atoms with Gasteiger partial charge in [0.05, 0.1) is 5.52 Å². The van der Waals surface area contributed by atoms with Crippen LogP contribution in [0.25, 0.3) is 10.9 Å². The first-order valence-corrected chi connectivity index (χ1v) is 4.79. The van der Waals surface area contributed by atoms with Gasteiger partial charge in [-0.3, -0.25) is 0 Å². The minimum absolute atomic E-state index is 0.175. The van der Waals surface area contributed by atoms with Crippen molar-refractivity contribution in [2.24, 2.45) is 5.73 Å². The number of fused-ring (bicyclic) bond motifs is 3. The zero-order valence-corrected chi connectivity index (χ0v) is 7.68. The first kappa shape index (κ1) is 8.00. The van der Waals surface area contributed by atoms with E-state index < -0.39 is 0 Å². The van der Waals surface area contributed by atoms with Gasteiger partial charge in [-0.2, -0.15) is 0 Å². The lowest BCUT2D eigenvalue weighted by molar-refractivity contribution is 0.636. The first-order valence-electron chi connectivity index (χ1n) is 4.79. The number of nitrogens with two attached hydrogens (primary N) is 1. The zero-order chi connectivity index (χ0) is 9.71. The zero-order valence-electron chi connectivity index (χ0n) is 7.68. The lowest BCUT2D eigenvalue weighted by Crippen LogP contribution is -2.19. The van der Waals surface area contributed by atoms with Crippen molar-refractivity contribution in [2.45, 2.75) is 18.9 Å². The van der Waals surface area contributed by atoms with Crippen LogP contribution in [0.2, 0.25) is 0 Å². The van der Waals surface area contributed by atoms with Crippen LogP contribution in [0.5, 0.6) is 0 Å². The molecule has 1 heterocycles. The number of halogens is 1. The van der Waals surface area contributed by atoms with E-state index in [1.165, 1.54) is 11.6 Å². The van der Waals surface area contributed by atoms with Gasteiger partial charge in [-0.25, -0.2) is 4.39 Å². The van der Waals surface area contributed by atoms with Crippen LogP contribution in [0.1, 0.15) is 11.3 Å². The Bertz CT molecular complexity index is 501. The Hall–Kier alpha value is -1.35. The minimum atomic E-state index is -0.175. The van der Waals surface area contributed by atoms with Crippen molar-refractivity contribution in [2.75, 3.05) is 0 Å². The highest BCUT2D eigenvalue weighted by molar-refractivity contribution is 5.85. The molecule has 1 aliphatic rings. The van der Waals surface area contributed by atoms with Crippen LogP contribution >= 0.6 is 0 Å². The van der Waals surface area contributed by atoms with Crippen LogP contribution in [0.15, 0.2) is 18.2 Å². The van der Waals surface area contributed by atoms with Gasteiger partial charge in [-0.1, -0.05) is 12.1 Å². The molecule has 1 aromatic carbocycles. The molecule has 14 heavy (non-hydrogen) atoms. The van der Waals surface area contributed by atoms with E-state index in [1.54, 1.807) is 6.07 Å². The molecule has 0 bridgehead atoms. The molecule has 0 saturated heterocycles. The maximum atomic E-state index is 13.4. The third kappa shape index (κ3) is 0.930. The molecule has 72 valence electrons. The van der Waals surface area contributed by atoms with Gasteiger partial charge in [-0.15, -0.1) is 0 Å². The fourth-order valence-electron chi connectivity index (χ4n) is 2.30. The van der Waals surface area contributed by atoms with E-state index in [0.717, 1.165) is 23.9 Å². The molecule has 0 saturated carbocycles. The topological polar surface area (TPSA) is 41.8 Å². The number of para-hydroxylation sites is 1. The summed E-state index contributed by atoms with van der Waals surface area (Å²) < 4.78 is 13.4. The van der Waals surface area contributed by atoms with Crippen molar-refractivity contribution in [3.63, 3.8) is 0 Å². The number of hydrogen-bond acceptors (Lipinski definition) is 1. The third-order valence-electron chi connectivity index (χ3n) is 2.91. The predicted octanol–water partition coefficient (Wildman–Crippen LogP) is 1.73. The Kier molecular flexibility index (Phi) is 1.47. The van der Waals surface area contributed by atoms with E-state index in [4.69, 9.17) is 5.73 Å². The predicted molar refractivity (Wildman–Crippen MR) is 53.6 cm³/mol. The number of H-pyrrole nitrogens is 1. The monoisotopic (exact) mass is 190 g/mol. The molecule has 1 atom stereocenters. The molecular weight excluding hydrogens is 179 g/mol. The van der Waals surface area contributed by atoms with Gasteiger partial charge in [0.25, 0.3) is 0 Å². The summed E-state index contributed by atoms with van der Waals surface area (Å²) in [5.74, 6) is -0.175. The molecule has 3 heteroatoms. The molecule has 0 amide bonds. The van der Waals surface area contributed by atoms with E-state index in [2.05, 4.69) is 4.98 Å². The summed E-state index contributed by atoms with van der Waals surface area (Å²) in [6.07, 6.45) is 1.70. The Morgan fingerprint density at radius 1 is 1.36 bits per heavy atom. The van der Waals surface area contributed by atoms with E-state index in [0.29, 0.717) is 5.52 Å². The summed E-state index contributed by atoms with van der Waals surface area (Å²) in [5, 5.41) is 0.993. The fraction of sp³-hybridized carbons (Fsp3) is 0.273. The second-order valence-corrected chi connectivity index (χ2v) is 3.91. The molecule has 0 fully saturated rings. The second kappa shape index (κ2) is 2.58. The average Bonchev–Trinajstić information content (AvgIpc) is 2.63. The molecule has 1 aromatic heterocycles. The number of rotatable bonds is 0. The van der Waals surface area contributed by atoms with Crippen molar-refractivity contribution in [3.8, 4) is 0 Å². The molecule has 0 spiro atoms. The van der Waals surface area contributed by atoms with Crippen LogP contribution in [-0.4, -0.2) is 11.0 Å². The summed E-state index contributed by atoms with van der Waals surface area (Å²) in [7, 11) is 0. The van der Waals surface area contributed by atoms with Gasteiger partial charge in [-0.05, 0) is 18.1 Å². The summed E-state index contributed by atoms with van der Waals surface area (Å²) >= 11 is 0. The third-order valence-corrected chi connectivity index (χ3v) is 2.91. The molecule has 1 aliphatic carbocycles. The van der Waals surface area contributed by atoms with Crippen molar-refractivity contribution < 1.29 is 4.39 Å². The van der Waals surface area contributed by atoms with Crippen LogP contribution in [0.4, 0.5) is 4.39 Å². The normalized spacial score (nSPS) is 20.3. The molecule has 1 unspecified atom stereocenters. The fourth-order valence-corrected chi connectivity index (χ4v) is 2.30. The number of nitrogens with one attached hydrogen (secondary N) is 1. The van der Waals surface area contributed by atoms with Gasteiger partial charge in [0, 0.05) is 23.5 Å². The van der Waals surface area contributed by atoms with Gasteiger partial charge in [0.15, 0.2) is 0 Å². The lowest BCUT2D eigenvalue weighted by atomic mass is 10.1. The van der Waals surface area contributed by atoms with E-state index in [1.807, 2.05) is 6.07 Å². The highest BCUT2D eigenvalue weighted by Gasteiger charge is 2.23. The van der Waals surface area contributed by atoms with Crippen LogP contribution in [-0.2, 0) is 12.8 Å². The second-order valence-electron chi connectivity index (χ2n) is 3.91. The number of aromatic amines is 1. The van der Waals surface area contributed by atoms with E-state index in [-0.39, 0.29) is 11.9 Å². The molecule has 2 nitrogen and oxygen atoms in total. The average molecular weight is 190 g/mol. The standard InChI is InChI=1S/C11H11FN2/c12-9-3-1-2-7-8-4-6(13)5-10(8)14-11(7)9/h1-3,6,14H,4-5,13H2. The molecule has 2 aromatic rings. The van der Waals surface area contributed by atoms with E-state index in [9.17, 15) is 4.39 Å². The summed E-state index contributed by atoms with van der Waals surface area (Å²) in [5.41, 5.74) is 8.78. The molecular formula is C11H11FN2. The molecule has 0 aliphatic heterocycles. The molecule has 0 radical (unpaired) electrons. The van der Waals surface area contributed by atoms with E-state index >= 15 is 0 Å². The highest BCUT2D eigenvalue weighted by Crippen LogP contribution is 2.30. The highest BCUT2D eigenvalue weighted by atomic mass is 19.1. The molecule has 3 rings (SSSR count). The summed E-state index contributed by atoms with van der Waals surface area (Å²) in [6.45, 7) is 0. The van der Waals surface area contributed by atoms with Gasteiger partial charge in [0.1, 0.15) is 5.82 Å². The Morgan fingerprint density at radius 3 is 3.07 bits per heavy atom. The summed E-state index contributed by atoms with van der Waals surface area (Å²) in [6, 6.07) is 5.37. The quantitative estimate of drug-likeness (QED) is 0.652. The smallest absolute Gasteiger partial charge is 0.147 e.